The van der Waals surface area contributed by atoms with Gasteiger partial charge in [-0.05, 0) is 6.42 Å². The smallest absolute Gasteiger partial charge is 0.134 e. The third-order valence-corrected chi connectivity index (χ3v) is 2.15. The number of rotatable bonds is 1. The Kier molecular flexibility index (Phi) is 1.60. The highest BCUT2D eigenvalue weighted by Crippen LogP contribution is 2.21. The molecule has 0 saturated carbocycles. The van der Waals surface area contributed by atoms with Gasteiger partial charge in [0.05, 0.1) is 0 Å². The predicted octanol–water partition coefficient (Wildman–Crippen LogP) is 0.371. The molecule has 0 bridgehead atoms. The summed E-state index contributed by atoms with van der Waals surface area (Å²) in [7, 11) is 0. The van der Waals surface area contributed by atoms with Gasteiger partial charge < -0.3 is 11.1 Å². The molecule has 2 rings (SSSR count). The van der Waals surface area contributed by atoms with E-state index in [0.29, 0.717) is 12.5 Å². The first-order valence-corrected chi connectivity index (χ1v) is 4.15. The molecule has 0 saturated heterocycles. The summed E-state index contributed by atoms with van der Waals surface area (Å²) in [6, 6.07) is 0. The summed E-state index contributed by atoms with van der Waals surface area (Å²) in [6.07, 6.45) is 1.86. The van der Waals surface area contributed by atoms with Crippen molar-refractivity contribution in [1.29, 1.82) is 0 Å². The van der Waals surface area contributed by atoms with Crippen LogP contribution in [0.1, 0.15) is 19.8 Å². The second kappa shape index (κ2) is 2.62. The molecule has 0 aromatic carbocycles. The van der Waals surface area contributed by atoms with Crippen molar-refractivity contribution in [3.05, 3.63) is 11.4 Å². The van der Waals surface area contributed by atoms with Gasteiger partial charge in [-0.1, -0.05) is 6.92 Å². The van der Waals surface area contributed by atoms with Crippen molar-refractivity contribution in [2.75, 3.05) is 6.67 Å². The Morgan fingerprint density at radius 1 is 1.58 bits per heavy atom. The Balaban J connectivity index is 2.26. The molecule has 64 valence electrons. The van der Waals surface area contributed by atoms with E-state index in [4.69, 9.17) is 5.73 Å². The zero-order valence-corrected chi connectivity index (χ0v) is 7.09. The maximum atomic E-state index is 5.72. The maximum Gasteiger partial charge on any atom is 0.134 e. The van der Waals surface area contributed by atoms with E-state index in [9.17, 15) is 0 Å². The second-order valence-electron chi connectivity index (χ2n) is 2.91. The molecular formula is C8H12N4. The number of nitrogens with two attached hydrogens (primary N) is 1. The molecule has 4 nitrogen and oxygen atoms in total. The van der Waals surface area contributed by atoms with E-state index in [1.54, 1.807) is 0 Å². The number of nitrogens with zero attached hydrogens (tertiary/aromatic N) is 2. The molecule has 0 fully saturated rings. The van der Waals surface area contributed by atoms with E-state index >= 15 is 0 Å². The van der Waals surface area contributed by atoms with Crippen molar-refractivity contribution in [3.63, 3.8) is 0 Å². The number of aliphatic imine (C=N–C) groups is 2. The van der Waals surface area contributed by atoms with Gasteiger partial charge in [0.25, 0.3) is 0 Å². The van der Waals surface area contributed by atoms with Crippen molar-refractivity contribution >= 4 is 11.5 Å². The van der Waals surface area contributed by atoms with Gasteiger partial charge in [0.15, 0.2) is 0 Å². The van der Waals surface area contributed by atoms with E-state index in [2.05, 4.69) is 22.2 Å². The quantitative estimate of drug-likeness (QED) is 0.588. The second-order valence-corrected chi connectivity index (χ2v) is 2.91. The molecular weight excluding hydrogens is 152 g/mol. The number of hydrogen-bond acceptors (Lipinski definition) is 4. The minimum absolute atomic E-state index is 0.561. The Bertz CT molecular complexity index is 298. The largest absolute Gasteiger partial charge is 0.384 e. The van der Waals surface area contributed by atoms with E-state index in [1.165, 1.54) is 5.71 Å². The zero-order valence-electron chi connectivity index (χ0n) is 7.09. The van der Waals surface area contributed by atoms with Crippen LogP contribution in [0.2, 0.25) is 0 Å². The molecule has 0 aromatic heterocycles. The first-order valence-electron chi connectivity index (χ1n) is 4.15. The highest BCUT2D eigenvalue weighted by atomic mass is 15.2. The van der Waals surface area contributed by atoms with Gasteiger partial charge in [0, 0.05) is 17.7 Å². The van der Waals surface area contributed by atoms with E-state index in [0.717, 1.165) is 24.2 Å². The Morgan fingerprint density at radius 3 is 3.08 bits per heavy atom. The lowest BCUT2D eigenvalue weighted by molar-refractivity contribution is 0.796. The summed E-state index contributed by atoms with van der Waals surface area (Å²) < 4.78 is 0. The van der Waals surface area contributed by atoms with Crippen LogP contribution in [0, 0.1) is 0 Å². The molecule has 0 unspecified atom stereocenters. The lowest BCUT2D eigenvalue weighted by atomic mass is 10.1. The van der Waals surface area contributed by atoms with Crippen molar-refractivity contribution in [3.8, 4) is 0 Å². The Labute approximate surface area is 71.3 Å². The number of amidine groups is 1. The van der Waals surface area contributed by atoms with Crippen LogP contribution in [0.25, 0.3) is 0 Å². The van der Waals surface area contributed by atoms with Crippen LogP contribution >= 0.6 is 0 Å². The van der Waals surface area contributed by atoms with Crippen LogP contribution in [0.3, 0.4) is 0 Å². The minimum atomic E-state index is 0.561. The molecule has 2 heterocycles. The number of nitrogens with one attached hydrogen (secondary N) is 1. The average molecular weight is 164 g/mol. The van der Waals surface area contributed by atoms with Crippen molar-refractivity contribution in [2.45, 2.75) is 19.8 Å². The summed E-state index contributed by atoms with van der Waals surface area (Å²) in [5, 5.41) is 3.10. The van der Waals surface area contributed by atoms with Crippen molar-refractivity contribution in [1.82, 2.24) is 5.32 Å². The highest BCUT2D eigenvalue weighted by Gasteiger charge is 2.21. The Morgan fingerprint density at radius 2 is 2.42 bits per heavy atom. The number of hydrogen-bond donors (Lipinski definition) is 2. The lowest BCUT2D eigenvalue weighted by Gasteiger charge is -2.11. The summed E-state index contributed by atoms with van der Waals surface area (Å²) in [5.41, 5.74) is 7.97. The van der Waals surface area contributed by atoms with Gasteiger partial charge in [0.1, 0.15) is 18.3 Å². The normalized spacial score (nSPS) is 21.4. The molecule has 2 aliphatic heterocycles. The molecule has 0 spiro atoms. The van der Waals surface area contributed by atoms with E-state index in [-0.39, 0.29) is 0 Å². The van der Waals surface area contributed by atoms with Gasteiger partial charge in [-0.3, -0.25) is 0 Å². The molecule has 0 radical (unpaired) electrons. The first-order chi connectivity index (χ1) is 5.81. The van der Waals surface area contributed by atoms with Gasteiger partial charge >= 0.3 is 0 Å². The zero-order chi connectivity index (χ0) is 8.55. The van der Waals surface area contributed by atoms with Crippen LogP contribution in [0.4, 0.5) is 0 Å². The van der Waals surface area contributed by atoms with Crippen LogP contribution in [-0.2, 0) is 0 Å². The molecule has 12 heavy (non-hydrogen) atoms. The van der Waals surface area contributed by atoms with Gasteiger partial charge in [-0.15, -0.1) is 0 Å². The third kappa shape index (κ3) is 0.995. The fourth-order valence-corrected chi connectivity index (χ4v) is 1.41. The van der Waals surface area contributed by atoms with Crippen LogP contribution in [-0.4, -0.2) is 18.2 Å². The monoisotopic (exact) mass is 164 g/mol. The molecule has 0 amide bonds. The summed E-state index contributed by atoms with van der Waals surface area (Å²) >= 11 is 0. The minimum Gasteiger partial charge on any atom is -0.384 e. The summed E-state index contributed by atoms with van der Waals surface area (Å²) in [4.78, 5) is 8.50. The van der Waals surface area contributed by atoms with E-state index in [1.807, 2.05) is 0 Å². The van der Waals surface area contributed by atoms with Crippen molar-refractivity contribution in [2.24, 2.45) is 15.7 Å². The fourth-order valence-electron chi connectivity index (χ4n) is 1.41. The topological polar surface area (TPSA) is 62.8 Å². The Hall–Kier alpha value is -1.32. The lowest BCUT2D eigenvalue weighted by Crippen LogP contribution is -2.27. The van der Waals surface area contributed by atoms with Crippen LogP contribution in [0.5, 0.6) is 0 Å². The van der Waals surface area contributed by atoms with Gasteiger partial charge in [0.2, 0.25) is 0 Å². The maximum absolute atomic E-state index is 5.72. The summed E-state index contributed by atoms with van der Waals surface area (Å²) in [6.45, 7) is 2.66. The molecule has 3 N–H and O–H groups in total. The van der Waals surface area contributed by atoms with Gasteiger partial charge in [-0.25, -0.2) is 9.98 Å². The van der Waals surface area contributed by atoms with E-state index < -0.39 is 0 Å². The van der Waals surface area contributed by atoms with Gasteiger partial charge in [-0.2, -0.15) is 0 Å². The molecule has 0 atom stereocenters. The molecule has 2 aliphatic rings. The summed E-state index contributed by atoms with van der Waals surface area (Å²) in [5.74, 6) is 1.58. The van der Waals surface area contributed by atoms with Crippen LogP contribution in [0.15, 0.2) is 21.4 Å². The standard InChI is InChI=1S/C8H12N4/c1-2-5-3-6-7(9)10-4-11-8(6)12-5/h11H,2-4H2,1H3,(H2,9,10). The van der Waals surface area contributed by atoms with Crippen LogP contribution < -0.4 is 11.1 Å². The molecule has 0 aliphatic carbocycles. The third-order valence-electron chi connectivity index (χ3n) is 2.15. The molecule has 4 heteroatoms. The molecule has 0 aromatic rings. The predicted molar refractivity (Wildman–Crippen MR) is 49.0 cm³/mol. The van der Waals surface area contributed by atoms with Crippen molar-refractivity contribution < 1.29 is 0 Å². The highest BCUT2D eigenvalue weighted by molar-refractivity contribution is 6.06. The average Bonchev–Trinajstić information content (AvgIpc) is 2.49. The first kappa shape index (κ1) is 7.34. The fraction of sp³-hybridized carbons (Fsp3) is 0.500. The SMILES string of the molecule is CCC1=NC2=C(C1)C(N)=NCN2.